The molecule has 0 amide bonds. The highest BCUT2D eigenvalue weighted by Gasteiger charge is 2.38. The highest BCUT2D eigenvalue weighted by atomic mass is 127. The first-order chi connectivity index (χ1) is 25.1. The van der Waals surface area contributed by atoms with Crippen molar-refractivity contribution < 1.29 is 9.47 Å². The maximum absolute atomic E-state index is 6.25. The number of likely N-dealkylation sites (tertiary alicyclic amines) is 1. The topological polar surface area (TPSA) is 33.7 Å². The fourth-order valence-corrected chi connectivity index (χ4v) is 10.4. The van der Waals surface area contributed by atoms with Crippen molar-refractivity contribution in [2.75, 3.05) is 51.7 Å². The molecule has 3 fully saturated rings. The molecule has 0 spiro atoms. The Labute approximate surface area is 328 Å². The van der Waals surface area contributed by atoms with Crippen LogP contribution < -0.4 is 14.8 Å². The summed E-state index contributed by atoms with van der Waals surface area (Å²) in [5, 5.41) is 3.60. The molecule has 1 N–H and O–H groups in total. The first-order valence-electron chi connectivity index (χ1n) is 21.0. The summed E-state index contributed by atoms with van der Waals surface area (Å²) in [6.07, 6.45) is 22.2. The normalized spacial score (nSPS) is 23.3. The number of nitrogens with zero attached hydrogens (tertiary/aromatic N) is 1. The van der Waals surface area contributed by atoms with E-state index in [0.717, 1.165) is 62.5 Å². The summed E-state index contributed by atoms with van der Waals surface area (Å²) in [4.78, 5) is 2.66. The van der Waals surface area contributed by atoms with Crippen LogP contribution in [0.15, 0.2) is 54.1 Å². The summed E-state index contributed by atoms with van der Waals surface area (Å²) in [5.74, 6) is 6.28. The average molecular weight is 829 g/mol. The van der Waals surface area contributed by atoms with Crippen LogP contribution in [0.2, 0.25) is 0 Å². The third kappa shape index (κ3) is 14.2. The number of fused-ring (bicyclic) bond motifs is 2. The molecule has 51 heavy (non-hydrogen) atoms. The van der Waals surface area contributed by atoms with Gasteiger partial charge in [0.2, 0.25) is 0 Å². The second-order valence-electron chi connectivity index (χ2n) is 16.1. The van der Waals surface area contributed by atoms with Crippen molar-refractivity contribution in [3.05, 3.63) is 65.2 Å². The lowest BCUT2D eigenvalue weighted by Crippen LogP contribution is -2.32. The molecule has 0 radical (unpaired) electrons. The summed E-state index contributed by atoms with van der Waals surface area (Å²) in [7, 11) is 1.92. The maximum Gasteiger partial charge on any atom is 0.119 e. The van der Waals surface area contributed by atoms with Gasteiger partial charge in [-0.15, -0.1) is 0 Å². The van der Waals surface area contributed by atoms with Gasteiger partial charge in [0.15, 0.2) is 0 Å². The second kappa shape index (κ2) is 23.5. The number of rotatable bonds is 23. The van der Waals surface area contributed by atoms with Crippen LogP contribution in [0, 0.1) is 23.7 Å². The van der Waals surface area contributed by atoms with Crippen LogP contribution in [0.25, 0.3) is 5.57 Å². The number of piperidine rings is 1. The van der Waals surface area contributed by atoms with E-state index in [1.165, 1.54) is 138 Å². The lowest BCUT2D eigenvalue weighted by atomic mass is 9.61. The van der Waals surface area contributed by atoms with Crippen molar-refractivity contribution >= 4 is 35.7 Å². The smallest absolute Gasteiger partial charge is 0.119 e. The Hall–Kier alpha value is -1.22. The van der Waals surface area contributed by atoms with Crippen LogP contribution in [0.4, 0.5) is 0 Å². The first-order valence-corrected chi connectivity index (χ1v) is 24.5. The molecule has 1 saturated heterocycles. The summed E-state index contributed by atoms with van der Waals surface area (Å²) < 4.78 is 12.5. The van der Waals surface area contributed by atoms with Crippen molar-refractivity contribution in [3.8, 4) is 11.5 Å². The van der Waals surface area contributed by atoms with Crippen LogP contribution in [0.5, 0.6) is 11.5 Å². The van der Waals surface area contributed by atoms with Gasteiger partial charge in [-0.3, -0.25) is 0 Å². The molecule has 284 valence electrons. The highest BCUT2D eigenvalue weighted by molar-refractivity contribution is 14.2. The molecule has 3 aliphatic rings. The fraction of sp³-hybridized carbons (Fsp3) is 0.689. The predicted molar refractivity (Wildman–Crippen MR) is 229 cm³/mol. The van der Waals surface area contributed by atoms with E-state index >= 15 is 0 Å². The van der Waals surface area contributed by atoms with Gasteiger partial charge < -0.3 is 19.7 Å². The van der Waals surface area contributed by atoms with Crippen LogP contribution in [-0.4, -0.2) is 56.6 Å². The van der Waals surface area contributed by atoms with Gasteiger partial charge in [0.05, 0.1) is 13.2 Å². The van der Waals surface area contributed by atoms with Crippen molar-refractivity contribution in [1.82, 2.24) is 10.2 Å². The standard InChI is InChI=1S/C45H69IN2O2S/c1-36-32-38-34-37(2)44(41(33-36)35-38)45(39-16-20-42(21-17-39)49-29-13-5-3-8-24-47-25-9-15-31-51-46)40-18-22-43(23-19-40)50-30-14-6-4-10-26-48-27-11-7-12-28-48/h16-23,36-38,41,47H,3-15,24-35H2,1-2H3/b45-44+. The van der Waals surface area contributed by atoms with Crippen LogP contribution in [0.3, 0.4) is 0 Å². The fourth-order valence-electron chi connectivity index (χ4n) is 9.20. The maximum atomic E-state index is 6.25. The lowest BCUT2D eigenvalue weighted by Gasteiger charge is -2.44. The number of benzene rings is 2. The van der Waals surface area contributed by atoms with Gasteiger partial charge in [-0.25, -0.2) is 0 Å². The Balaban J connectivity index is 1.12. The Morgan fingerprint density at radius 2 is 1.27 bits per heavy atom. The number of halogens is 1. The number of hydrogen-bond donors (Lipinski definition) is 1. The molecule has 2 aromatic carbocycles. The zero-order valence-electron chi connectivity index (χ0n) is 32.2. The molecule has 2 saturated carbocycles. The van der Waals surface area contributed by atoms with Crippen LogP contribution >= 0.6 is 30.1 Å². The van der Waals surface area contributed by atoms with Gasteiger partial charge >= 0.3 is 0 Å². The van der Waals surface area contributed by atoms with E-state index in [9.17, 15) is 0 Å². The quantitative estimate of drug-likeness (QED) is 0.0891. The highest BCUT2D eigenvalue weighted by Crippen LogP contribution is 2.51. The van der Waals surface area contributed by atoms with Gasteiger partial charge in [-0.05, 0) is 196 Å². The van der Waals surface area contributed by atoms with Crippen LogP contribution in [0.1, 0.15) is 134 Å². The van der Waals surface area contributed by atoms with E-state index < -0.39 is 0 Å². The Bertz CT molecular complexity index is 1260. The molecule has 1 heterocycles. The van der Waals surface area contributed by atoms with Crippen LogP contribution in [-0.2, 0) is 0 Å². The minimum absolute atomic E-state index is 0.619. The molecule has 2 aromatic rings. The van der Waals surface area contributed by atoms with Gasteiger partial charge in [-0.1, -0.05) is 84.7 Å². The van der Waals surface area contributed by atoms with E-state index in [-0.39, 0.29) is 0 Å². The number of allylic oxidation sites excluding steroid dienone is 1. The molecular formula is C45H69IN2O2S. The SMILES string of the molecule is CC1CC2CC(C)/C(=C(/c3ccc(OCCCCCCNCCCCSI)cc3)c3ccc(OCCCCCCN4CCCCC4)cc3)C(C1)C2. The average Bonchev–Trinajstić information content (AvgIpc) is 3.14. The number of ether oxygens (including phenoxy) is 2. The van der Waals surface area contributed by atoms with Gasteiger partial charge in [-0.2, -0.15) is 0 Å². The van der Waals surface area contributed by atoms with Gasteiger partial charge in [0, 0.05) is 5.75 Å². The molecule has 4 atom stereocenters. The Kier molecular flexibility index (Phi) is 18.9. The zero-order chi connectivity index (χ0) is 35.5. The van der Waals surface area contributed by atoms with E-state index in [2.05, 4.69) is 93.8 Å². The van der Waals surface area contributed by atoms with Crippen molar-refractivity contribution in [2.24, 2.45) is 23.7 Å². The number of hydrogen-bond acceptors (Lipinski definition) is 5. The molecule has 4 unspecified atom stereocenters. The van der Waals surface area contributed by atoms with Crippen molar-refractivity contribution in [2.45, 2.75) is 123 Å². The summed E-state index contributed by atoms with van der Waals surface area (Å²) in [6.45, 7) is 12.8. The van der Waals surface area contributed by atoms with Crippen molar-refractivity contribution in [3.63, 3.8) is 0 Å². The molecule has 4 nitrogen and oxygen atoms in total. The summed E-state index contributed by atoms with van der Waals surface area (Å²) >= 11 is 2.39. The Morgan fingerprint density at radius 3 is 1.90 bits per heavy atom. The minimum atomic E-state index is 0.619. The molecule has 6 heteroatoms. The largest absolute Gasteiger partial charge is 0.494 e. The van der Waals surface area contributed by atoms with Gasteiger partial charge in [0.1, 0.15) is 11.5 Å². The molecule has 5 rings (SSSR count). The number of nitrogens with one attached hydrogen (secondary N) is 1. The number of unbranched alkanes of at least 4 members (excludes halogenated alkanes) is 7. The predicted octanol–water partition coefficient (Wildman–Crippen LogP) is 12.4. The zero-order valence-corrected chi connectivity index (χ0v) is 35.1. The van der Waals surface area contributed by atoms with Crippen molar-refractivity contribution in [1.29, 1.82) is 0 Å². The first kappa shape index (κ1) is 41.0. The van der Waals surface area contributed by atoms with E-state index in [0.29, 0.717) is 11.8 Å². The third-order valence-corrected chi connectivity index (χ3v) is 13.5. The lowest BCUT2D eigenvalue weighted by molar-refractivity contribution is 0.163. The molecular weight excluding hydrogens is 759 g/mol. The molecule has 1 aliphatic heterocycles. The summed E-state index contributed by atoms with van der Waals surface area (Å²) in [6, 6.07) is 18.1. The molecule has 0 aromatic heterocycles. The van der Waals surface area contributed by atoms with E-state index in [1.807, 2.05) is 8.93 Å². The Morgan fingerprint density at radius 1 is 0.686 bits per heavy atom. The monoisotopic (exact) mass is 828 g/mol. The van der Waals surface area contributed by atoms with E-state index in [1.54, 1.807) is 5.57 Å². The molecule has 2 aliphatic carbocycles. The van der Waals surface area contributed by atoms with Gasteiger partial charge in [0.25, 0.3) is 0 Å². The van der Waals surface area contributed by atoms with E-state index in [4.69, 9.17) is 9.47 Å². The second-order valence-corrected chi connectivity index (χ2v) is 18.6. The third-order valence-electron chi connectivity index (χ3n) is 11.7. The summed E-state index contributed by atoms with van der Waals surface area (Å²) in [5.41, 5.74) is 5.82. The minimum Gasteiger partial charge on any atom is -0.494 e. The molecule has 2 bridgehead atoms.